The van der Waals surface area contributed by atoms with Crippen LogP contribution in [0.4, 0.5) is 0 Å². The molecule has 0 N–H and O–H groups in total. The summed E-state index contributed by atoms with van der Waals surface area (Å²) in [6.45, 7) is 13.1. The van der Waals surface area contributed by atoms with Gasteiger partial charge < -0.3 is 23.4 Å². The molecule has 0 unspecified atom stereocenters. The van der Waals surface area contributed by atoms with Crippen molar-refractivity contribution in [1.29, 1.82) is 0 Å². The number of ether oxygens (including phenoxy) is 4. The number of hydrogen-bond donors (Lipinski definition) is 0. The smallest absolute Gasteiger partial charge is 0.303 e. The van der Waals surface area contributed by atoms with Crippen molar-refractivity contribution >= 4 is 14.3 Å². The second kappa shape index (κ2) is 8.24. The standard InChI is InChI=1S/C21H32O6Si/c1-14(22)24-17-16(13-23-12-15-10-8-7-9-11-15)25-20-19(26-20)18(17)27-28(5,6)21(2,3)4/h7-11,16-20H,12-13H2,1-6H3/t16-,17-,18+,19-,20-/m1/s1. The van der Waals surface area contributed by atoms with Gasteiger partial charge in [0.05, 0.1) is 13.2 Å². The molecule has 28 heavy (non-hydrogen) atoms. The number of carbonyl (C=O) groups excluding carboxylic acids is 1. The summed E-state index contributed by atoms with van der Waals surface area (Å²) in [7, 11) is -2.08. The van der Waals surface area contributed by atoms with Gasteiger partial charge in [-0.15, -0.1) is 0 Å². The summed E-state index contributed by atoms with van der Waals surface area (Å²) in [5.74, 6) is -0.357. The van der Waals surface area contributed by atoms with Gasteiger partial charge in [0.15, 0.2) is 20.7 Å². The lowest BCUT2D eigenvalue weighted by atomic mass is 10.0. The molecule has 0 bridgehead atoms. The van der Waals surface area contributed by atoms with Crippen LogP contribution in [0.1, 0.15) is 33.3 Å². The highest BCUT2D eigenvalue weighted by Crippen LogP contribution is 2.44. The largest absolute Gasteiger partial charge is 0.457 e. The molecule has 2 saturated heterocycles. The molecule has 3 rings (SSSR count). The summed E-state index contributed by atoms with van der Waals surface area (Å²) < 4.78 is 29.8. The van der Waals surface area contributed by atoms with E-state index in [0.29, 0.717) is 13.2 Å². The predicted molar refractivity (Wildman–Crippen MR) is 107 cm³/mol. The molecule has 0 aliphatic carbocycles. The van der Waals surface area contributed by atoms with E-state index in [1.165, 1.54) is 6.92 Å². The van der Waals surface area contributed by atoms with E-state index in [1.807, 2.05) is 30.3 Å². The number of carbonyl (C=O) groups is 1. The Hall–Kier alpha value is -1.25. The summed E-state index contributed by atoms with van der Waals surface area (Å²) >= 11 is 0. The minimum absolute atomic E-state index is 0.0375. The van der Waals surface area contributed by atoms with Crippen LogP contribution in [0.3, 0.4) is 0 Å². The number of fused-ring (bicyclic) bond motifs is 1. The lowest BCUT2D eigenvalue weighted by molar-refractivity contribution is -0.184. The van der Waals surface area contributed by atoms with Gasteiger partial charge in [0.25, 0.3) is 0 Å². The Morgan fingerprint density at radius 2 is 1.79 bits per heavy atom. The van der Waals surface area contributed by atoms with Crippen LogP contribution in [0.2, 0.25) is 18.1 Å². The van der Waals surface area contributed by atoms with Crippen LogP contribution in [0, 0.1) is 0 Å². The Balaban J connectivity index is 1.69. The minimum atomic E-state index is -2.08. The molecular weight excluding hydrogens is 376 g/mol. The van der Waals surface area contributed by atoms with Crippen molar-refractivity contribution in [1.82, 2.24) is 0 Å². The maximum Gasteiger partial charge on any atom is 0.303 e. The molecule has 2 heterocycles. The third-order valence-corrected chi connectivity index (χ3v) is 10.2. The van der Waals surface area contributed by atoms with Crippen LogP contribution in [0.5, 0.6) is 0 Å². The fourth-order valence-corrected chi connectivity index (χ4v) is 4.39. The van der Waals surface area contributed by atoms with Gasteiger partial charge in [0.1, 0.15) is 18.3 Å². The van der Waals surface area contributed by atoms with E-state index >= 15 is 0 Å². The van der Waals surface area contributed by atoms with Crippen LogP contribution in [0.15, 0.2) is 30.3 Å². The van der Waals surface area contributed by atoms with Gasteiger partial charge in [0.2, 0.25) is 0 Å². The summed E-state index contributed by atoms with van der Waals surface area (Å²) in [6.07, 6.45) is -1.82. The zero-order valence-electron chi connectivity index (χ0n) is 17.6. The van der Waals surface area contributed by atoms with Crippen LogP contribution in [0.25, 0.3) is 0 Å². The molecule has 156 valence electrons. The monoisotopic (exact) mass is 408 g/mol. The molecule has 1 aromatic carbocycles. The maximum atomic E-state index is 11.8. The first-order valence-electron chi connectivity index (χ1n) is 9.86. The van der Waals surface area contributed by atoms with Gasteiger partial charge in [-0.25, -0.2) is 0 Å². The van der Waals surface area contributed by atoms with Crippen molar-refractivity contribution in [2.75, 3.05) is 6.61 Å². The van der Waals surface area contributed by atoms with Crippen LogP contribution in [-0.2, 0) is 34.8 Å². The van der Waals surface area contributed by atoms with Crippen molar-refractivity contribution in [2.45, 2.75) is 83.1 Å². The number of hydrogen-bond acceptors (Lipinski definition) is 6. The minimum Gasteiger partial charge on any atom is -0.457 e. The Morgan fingerprint density at radius 3 is 2.39 bits per heavy atom. The fraction of sp³-hybridized carbons (Fsp3) is 0.667. The second-order valence-corrected chi connectivity index (χ2v) is 13.8. The molecule has 0 aromatic heterocycles. The quantitative estimate of drug-likeness (QED) is 0.390. The number of epoxide rings is 1. The van der Waals surface area contributed by atoms with Crippen molar-refractivity contribution in [2.24, 2.45) is 0 Å². The van der Waals surface area contributed by atoms with E-state index in [2.05, 4.69) is 33.9 Å². The third-order valence-electron chi connectivity index (χ3n) is 5.74. The molecule has 5 atom stereocenters. The molecular formula is C21H32O6Si. The topological polar surface area (TPSA) is 66.5 Å². The highest BCUT2D eigenvalue weighted by molar-refractivity contribution is 6.74. The van der Waals surface area contributed by atoms with Gasteiger partial charge in [-0.05, 0) is 23.7 Å². The van der Waals surface area contributed by atoms with Crippen LogP contribution in [-0.4, -0.2) is 51.6 Å². The molecule has 2 aliphatic rings. The van der Waals surface area contributed by atoms with Crippen molar-refractivity contribution in [3.63, 3.8) is 0 Å². The van der Waals surface area contributed by atoms with Crippen LogP contribution < -0.4 is 0 Å². The SMILES string of the molecule is CC(=O)O[C@H]1[C@H](O[Si](C)(C)C(C)(C)C)[C@H]2O[C@H]2O[C@@H]1COCc1ccccc1. The normalized spacial score (nSPS) is 29.9. The van der Waals surface area contributed by atoms with Crippen molar-refractivity contribution < 1.29 is 28.2 Å². The predicted octanol–water partition coefficient (Wildman–Crippen LogP) is 3.65. The molecule has 0 saturated carbocycles. The average Bonchev–Trinajstić information content (AvgIpc) is 3.36. The Kier molecular flexibility index (Phi) is 6.31. The van der Waals surface area contributed by atoms with E-state index in [9.17, 15) is 4.79 Å². The molecule has 2 fully saturated rings. The van der Waals surface area contributed by atoms with E-state index in [-0.39, 0.29) is 29.5 Å². The fourth-order valence-electron chi connectivity index (χ4n) is 3.09. The van der Waals surface area contributed by atoms with Gasteiger partial charge in [-0.2, -0.15) is 0 Å². The van der Waals surface area contributed by atoms with Crippen molar-refractivity contribution in [3.05, 3.63) is 35.9 Å². The van der Waals surface area contributed by atoms with E-state index in [1.54, 1.807) is 0 Å². The summed E-state index contributed by atoms with van der Waals surface area (Å²) in [5.41, 5.74) is 1.08. The molecule has 7 heteroatoms. The molecule has 0 amide bonds. The Labute approximate surface area is 168 Å². The lowest BCUT2D eigenvalue weighted by Gasteiger charge is -2.43. The molecule has 0 radical (unpaired) electrons. The first-order valence-corrected chi connectivity index (χ1v) is 12.8. The average molecular weight is 409 g/mol. The highest BCUT2D eigenvalue weighted by atomic mass is 28.4. The summed E-state index contributed by atoms with van der Waals surface area (Å²) in [5, 5.41) is 0.0375. The molecule has 6 nitrogen and oxygen atoms in total. The van der Waals surface area contributed by atoms with Crippen LogP contribution >= 0.6 is 0 Å². The summed E-state index contributed by atoms with van der Waals surface area (Å²) in [4.78, 5) is 11.8. The van der Waals surface area contributed by atoms with E-state index < -0.39 is 20.5 Å². The maximum absolute atomic E-state index is 11.8. The zero-order valence-corrected chi connectivity index (χ0v) is 18.6. The molecule has 2 aliphatic heterocycles. The lowest BCUT2D eigenvalue weighted by Crippen LogP contribution is -2.57. The zero-order chi connectivity index (χ0) is 20.5. The Morgan fingerprint density at radius 1 is 1.11 bits per heavy atom. The summed E-state index contributed by atoms with van der Waals surface area (Å²) in [6, 6.07) is 9.94. The first kappa shape index (κ1) is 21.5. The second-order valence-electron chi connectivity index (χ2n) is 9.06. The first-order chi connectivity index (χ1) is 13.1. The molecule has 1 aromatic rings. The number of benzene rings is 1. The van der Waals surface area contributed by atoms with E-state index in [4.69, 9.17) is 23.4 Å². The van der Waals surface area contributed by atoms with E-state index in [0.717, 1.165) is 5.56 Å². The number of rotatable bonds is 7. The van der Waals surface area contributed by atoms with Gasteiger partial charge in [-0.3, -0.25) is 4.79 Å². The van der Waals surface area contributed by atoms with Gasteiger partial charge in [-0.1, -0.05) is 51.1 Å². The highest BCUT2D eigenvalue weighted by Gasteiger charge is 2.60. The third kappa shape index (κ3) is 5.02. The van der Waals surface area contributed by atoms with Crippen molar-refractivity contribution in [3.8, 4) is 0 Å². The Bertz CT molecular complexity index is 671. The van der Waals surface area contributed by atoms with Gasteiger partial charge in [0, 0.05) is 6.92 Å². The van der Waals surface area contributed by atoms with Gasteiger partial charge >= 0.3 is 5.97 Å². The molecule has 0 spiro atoms. The number of esters is 1.